The molecule has 1 N–H and O–H groups in total. The fourth-order valence-electron chi connectivity index (χ4n) is 2.48. The molecular formula is C19H20N6O2. The predicted molar refractivity (Wildman–Crippen MR) is 100 cm³/mol. The summed E-state index contributed by atoms with van der Waals surface area (Å²) in [5.74, 6) is -0.0702. The van der Waals surface area contributed by atoms with Gasteiger partial charge in [-0.05, 0) is 45.8 Å². The van der Waals surface area contributed by atoms with Crippen LogP contribution in [0.3, 0.4) is 0 Å². The highest BCUT2D eigenvalue weighted by Gasteiger charge is 2.08. The van der Waals surface area contributed by atoms with Crippen LogP contribution in [0.4, 0.5) is 5.69 Å². The van der Waals surface area contributed by atoms with Crippen LogP contribution in [0, 0.1) is 0 Å². The molecule has 8 heteroatoms. The number of carbonyl (C=O) groups excluding carboxylic acids is 2. The van der Waals surface area contributed by atoms with Gasteiger partial charge in [-0.1, -0.05) is 24.3 Å². The highest BCUT2D eigenvalue weighted by Crippen LogP contribution is 2.13. The number of likely N-dealkylation sites (N-methyl/N-ethyl adjacent to an activating group) is 1. The minimum atomic E-state index is -0.109. The van der Waals surface area contributed by atoms with E-state index in [0.717, 1.165) is 16.8 Å². The summed E-state index contributed by atoms with van der Waals surface area (Å²) in [5.41, 5.74) is 3.32. The maximum Gasteiger partial charge on any atom is 0.228 e. The van der Waals surface area contributed by atoms with Crippen LogP contribution in [0.2, 0.25) is 0 Å². The van der Waals surface area contributed by atoms with Gasteiger partial charge in [-0.25, -0.2) is 4.68 Å². The first-order valence-electron chi connectivity index (χ1n) is 8.42. The lowest BCUT2D eigenvalue weighted by Gasteiger charge is -2.11. The van der Waals surface area contributed by atoms with Crippen LogP contribution >= 0.6 is 0 Å². The Bertz CT molecular complexity index is 902. The Morgan fingerprint density at radius 1 is 0.963 bits per heavy atom. The molecule has 3 rings (SSSR count). The minimum Gasteiger partial charge on any atom is -0.349 e. The zero-order valence-corrected chi connectivity index (χ0v) is 15.2. The molecule has 0 bridgehead atoms. The standard InChI is InChI=1S/C19H20N6O2/c1-24(2)19(27)12-15-3-7-16(8-4-15)21-18(26)11-14-5-9-17(10-6-14)25-13-20-22-23-25/h3-10,13H,11-12H2,1-2H3,(H,21,26). The minimum absolute atomic E-state index is 0.0388. The molecule has 2 amide bonds. The van der Waals surface area contributed by atoms with E-state index >= 15 is 0 Å². The van der Waals surface area contributed by atoms with E-state index in [1.165, 1.54) is 6.33 Å². The van der Waals surface area contributed by atoms with Gasteiger partial charge in [0, 0.05) is 19.8 Å². The van der Waals surface area contributed by atoms with E-state index in [4.69, 9.17) is 0 Å². The van der Waals surface area contributed by atoms with Crippen molar-refractivity contribution in [3.63, 3.8) is 0 Å². The summed E-state index contributed by atoms with van der Waals surface area (Å²) in [6.45, 7) is 0. The number of aromatic nitrogens is 4. The number of hydrogen-bond donors (Lipinski definition) is 1. The molecule has 138 valence electrons. The first-order chi connectivity index (χ1) is 13.0. The van der Waals surface area contributed by atoms with E-state index < -0.39 is 0 Å². The van der Waals surface area contributed by atoms with Gasteiger partial charge in [0.2, 0.25) is 11.8 Å². The summed E-state index contributed by atoms with van der Waals surface area (Å²) < 4.78 is 1.55. The first-order valence-corrected chi connectivity index (χ1v) is 8.42. The van der Waals surface area contributed by atoms with Crippen molar-refractivity contribution in [1.29, 1.82) is 0 Å². The SMILES string of the molecule is CN(C)C(=O)Cc1ccc(NC(=O)Cc2ccc(-n3cnnn3)cc2)cc1. The van der Waals surface area contributed by atoms with Gasteiger partial charge in [0.1, 0.15) is 6.33 Å². The van der Waals surface area contributed by atoms with Crippen molar-refractivity contribution in [2.24, 2.45) is 0 Å². The maximum atomic E-state index is 12.2. The average Bonchev–Trinajstić information content (AvgIpc) is 3.18. The molecule has 1 aromatic heterocycles. The predicted octanol–water partition coefficient (Wildman–Crippen LogP) is 1.47. The molecule has 27 heavy (non-hydrogen) atoms. The molecule has 1 heterocycles. The van der Waals surface area contributed by atoms with Gasteiger partial charge in [-0.3, -0.25) is 9.59 Å². The van der Waals surface area contributed by atoms with E-state index in [0.29, 0.717) is 12.1 Å². The van der Waals surface area contributed by atoms with Crippen molar-refractivity contribution < 1.29 is 9.59 Å². The molecule has 0 unspecified atom stereocenters. The Hall–Kier alpha value is -3.55. The van der Waals surface area contributed by atoms with Gasteiger partial charge in [0.25, 0.3) is 0 Å². The number of benzene rings is 2. The molecule has 2 aromatic carbocycles. The Balaban J connectivity index is 1.55. The van der Waals surface area contributed by atoms with Crippen LogP contribution in [0.25, 0.3) is 5.69 Å². The molecule has 0 saturated heterocycles. The van der Waals surface area contributed by atoms with Crippen molar-refractivity contribution in [2.45, 2.75) is 12.8 Å². The number of nitrogens with zero attached hydrogens (tertiary/aromatic N) is 5. The summed E-state index contributed by atoms with van der Waals surface area (Å²) in [6.07, 6.45) is 2.11. The summed E-state index contributed by atoms with van der Waals surface area (Å²) in [6, 6.07) is 14.7. The van der Waals surface area contributed by atoms with Gasteiger partial charge < -0.3 is 10.2 Å². The smallest absolute Gasteiger partial charge is 0.228 e. The Morgan fingerprint density at radius 2 is 1.59 bits per heavy atom. The Morgan fingerprint density at radius 3 is 2.19 bits per heavy atom. The third-order valence-corrected chi connectivity index (χ3v) is 4.01. The lowest BCUT2D eigenvalue weighted by atomic mass is 10.1. The van der Waals surface area contributed by atoms with Crippen molar-refractivity contribution in [2.75, 3.05) is 19.4 Å². The number of tetrazole rings is 1. The Kier molecular flexibility index (Phi) is 5.55. The van der Waals surface area contributed by atoms with E-state index in [2.05, 4.69) is 20.8 Å². The molecule has 8 nitrogen and oxygen atoms in total. The summed E-state index contributed by atoms with van der Waals surface area (Å²) in [4.78, 5) is 25.5. The monoisotopic (exact) mass is 364 g/mol. The summed E-state index contributed by atoms with van der Waals surface area (Å²) >= 11 is 0. The molecule has 0 fully saturated rings. The van der Waals surface area contributed by atoms with E-state index in [-0.39, 0.29) is 18.2 Å². The van der Waals surface area contributed by atoms with Crippen molar-refractivity contribution in [3.8, 4) is 5.69 Å². The Labute approximate surface area is 156 Å². The zero-order valence-electron chi connectivity index (χ0n) is 15.2. The van der Waals surface area contributed by atoms with Crippen LogP contribution in [-0.2, 0) is 22.4 Å². The third kappa shape index (κ3) is 4.97. The fourth-order valence-corrected chi connectivity index (χ4v) is 2.48. The van der Waals surface area contributed by atoms with E-state index in [1.54, 1.807) is 35.8 Å². The molecule has 0 atom stereocenters. The zero-order chi connectivity index (χ0) is 19.2. The van der Waals surface area contributed by atoms with Crippen molar-refractivity contribution in [3.05, 3.63) is 66.0 Å². The van der Waals surface area contributed by atoms with Crippen LogP contribution in [0.1, 0.15) is 11.1 Å². The van der Waals surface area contributed by atoms with Crippen LogP contribution < -0.4 is 5.32 Å². The highest BCUT2D eigenvalue weighted by molar-refractivity contribution is 5.92. The number of anilines is 1. The van der Waals surface area contributed by atoms with Crippen molar-refractivity contribution in [1.82, 2.24) is 25.1 Å². The van der Waals surface area contributed by atoms with Gasteiger partial charge >= 0.3 is 0 Å². The molecule has 0 spiro atoms. The van der Waals surface area contributed by atoms with Gasteiger partial charge in [0.05, 0.1) is 18.5 Å². The summed E-state index contributed by atoms with van der Waals surface area (Å²) in [7, 11) is 3.46. The first kappa shape index (κ1) is 18.2. The molecule has 0 aliphatic heterocycles. The van der Waals surface area contributed by atoms with E-state index in [9.17, 15) is 9.59 Å². The molecular weight excluding hydrogens is 344 g/mol. The fraction of sp³-hybridized carbons (Fsp3) is 0.211. The second-order valence-electron chi connectivity index (χ2n) is 6.31. The summed E-state index contributed by atoms with van der Waals surface area (Å²) in [5, 5.41) is 13.9. The van der Waals surface area contributed by atoms with Crippen molar-refractivity contribution >= 4 is 17.5 Å². The number of hydrogen-bond acceptors (Lipinski definition) is 5. The lowest BCUT2D eigenvalue weighted by molar-refractivity contribution is -0.128. The van der Waals surface area contributed by atoms with Gasteiger partial charge in [-0.15, -0.1) is 5.10 Å². The average molecular weight is 364 g/mol. The number of amides is 2. The highest BCUT2D eigenvalue weighted by atomic mass is 16.2. The lowest BCUT2D eigenvalue weighted by Crippen LogP contribution is -2.23. The molecule has 0 aliphatic rings. The molecule has 3 aromatic rings. The molecule has 0 saturated carbocycles. The second kappa shape index (κ2) is 8.22. The van der Waals surface area contributed by atoms with Gasteiger partial charge in [0.15, 0.2) is 0 Å². The largest absolute Gasteiger partial charge is 0.349 e. The van der Waals surface area contributed by atoms with E-state index in [1.807, 2.05) is 36.4 Å². The third-order valence-electron chi connectivity index (χ3n) is 4.01. The number of nitrogens with one attached hydrogen (secondary N) is 1. The normalized spacial score (nSPS) is 10.4. The molecule has 0 radical (unpaired) electrons. The quantitative estimate of drug-likeness (QED) is 0.715. The van der Waals surface area contributed by atoms with Crippen LogP contribution in [0.15, 0.2) is 54.9 Å². The van der Waals surface area contributed by atoms with Crippen LogP contribution in [0.5, 0.6) is 0 Å². The second-order valence-corrected chi connectivity index (χ2v) is 6.31. The topological polar surface area (TPSA) is 93.0 Å². The molecule has 0 aliphatic carbocycles. The number of rotatable bonds is 6. The maximum absolute atomic E-state index is 12.2. The van der Waals surface area contributed by atoms with Gasteiger partial charge in [-0.2, -0.15) is 0 Å². The van der Waals surface area contributed by atoms with Crippen LogP contribution in [-0.4, -0.2) is 51.0 Å². The number of carbonyl (C=O) groups is 2.